The van der Waals surface area contributed by atoms with Gasteiger partial charge in [-0.15, -0.1) is 0 Å². The summed E-state index contributed by atoms with van der Waals surface area (Å²) in [5.74, 6) is 1.08. The molecule has 1 aliphatic rings. The van der Waals surface area contributed by atoms with E-state index in [-0.39, 0.29) is 24.3 Å². The zero-order chi connectivity index (χ0) is 17.1. The molecule has 0 atom stereocenters. The minimum atomic E-state index is -0.130. The molecule has 3 rings (SSSR count). The smallest absolute Gasteiger partial charge is 0.242 e. The Morgan fingerprint density at radius 1 is 1.29 bits per heavy atom. The third-order valence-electron chi connectivity index (χ3n) is 4.04. The van der Waals surface area contributed by atoms with E-state index < -0.39 is 0 Å². The molecule has 24 heavy (non-hydrogen) atoms. The number of nitrogens with one attached hydrogen (secondary N) is 1. The molecule has 2 aromatic rings. The number of carbonyl (C=O) groups excluding carboxylic acids is 2. The van der Waals surface area contributed by atoms with E-state index in [2.05, 4.69) is 10.3 Å². The van der Waals surface area contributed by atoms with Crippen molar-refractivity contribution in [3.8, 4) is 11.5 Å². The van der Waals surface area contributed by atoms with Crippen molar-refractivity contribution in [1.82, 2.24) is 15.2 Å². The van der Waals surface area contributed by atoms with Crippen LogP contribution in [-0.2, 0) is 22.6 Å². The molecule has 0 unspecified atom stereocenters. The van der Waals surface area contributed by atoms with Gasteiger partial charge in [-0.2, -0.15) is 0 Å². The molecule has 0 radical (unpaired) electrons. The lowest BCUT2D eigenvalue weighted by atomic mass is 10.1. The number of benzene rings is 1. The van der Waals surface area contributed by atoms with Gasteiger partial charge in [-0.25, -0.2) is 4.98 Å². The van der Waals surface area contributed by atoms with E-state index in [1.165, 1.54) is 0 Å². The molecule has 0 saturated heterocycles. The molecule has 1 N–H and O–H groups in total. The second-order valence-corrected chi connectivity index (χ2v) is 6.19. The van der Waals surface area contributed by atoms with Crippen LogP contribution in [0.25, 0.3) is 11.5 Å². The van der Waals surface area contributed by atoms with Crippen LogP contribution in [0.15, 0.2) is 34.7 Å². The summed E-state index contributed by atoms with van der Waals surface area (Å²) in [4.78, 5) is 30.1. The van der Waals surface area contributed by atoms with Crippen LogP contribution < -0.4 is 5.32 Å². The Bertz CT molecular complexity index is 737. The molecule has 1 aromatic heterocycles. The fraction of sp³-hybridized carbons (Fsp3) is 0.389. The lowest BCUT2D eigenvalue weighted by molar-refractivity contribution is -0.134. The summed E-state index contributed by atoms with van der Waals surface area (Å²) in [5.41, 5.74) is 1.72. The summed E-state index contributed by atoms with van der Waals surface area (Å²) < 4.78 is 5.83. The summed E-state index contributed by atoms with van der Waals surface area (Å²) in [7, 11) is 0. The van der Waals surface area contributed by atoms with Crippen molar-refractivity contribution in [2.45, 2.75) is 26.8 Å². The molecule has 2 amide bonds. The number of amides is 2. The van der Waals surface area contributed by atoms with E-state index in [4.69, 9.17) is 4.42 Å². The summed E-state index contributed by atoms with van der Waals surface area (Å²) in [6.45, 7) is 4.62. The molecular formula is C18H21N3O3. The number of carbonyl (C=O) groups is 2. The fourth-order valence-corrected chi connectivity index (χ4v) is 2.59. The van der Waals surface area contributed by atoms with Gasteiger partial charge in [0.25, 0.3) is 0 Å². The lowest BCUT2D eigenvalue weighted by Gasteiger charge is -2.25. The average Bonchev–Trinajstić information content (AvgIpc) is 3.03. The standard InChI is InChI=1S/C18H21N3O3/c1-12(2)17(23)19-10-16(22)21-9-8-15-14(11-21)20-18(24-15)13-6-4-3-5-7-13/h3-7,12H,8-11H2,1-2H3,(H,19,23). The molecular weight excluding hydrogens is 306 g/mol. The van der Waals surface area contributed by atoms with Crippen LogP contribution in [0.4, 0.5) is 0 Å². The van der Waals surface area contributed by atoms with Crippen LogP contribution in [-0.4, -0.2) is 34.8 Å². The number of oxazole rings is 1. The van der Waals surface area contributed by atoms with Gasteiger partial charge < -0.3 is 14.6 Å². The van der Waals surface area contributed by atoms with E-state index in [9.17, 15) is 9.59 Å². The topological polar surface area (TPSA) is 75.4 Å². The first-order chi connectivity index (χ1) is 11.5. The monoisotopic (exact) mass is 327 g/mol. The zero-order valence-electron chi connectivity index (χ0n) is 13.9. The van der Waals surface area contributed by atoms with Crippen molar-refractivity contribution < 1.29 is 14.0 Å². The number of nitrogens with zero attached hydrogens (tertiary/aromatic N) is 2. The quantitative estimate of drug-likeness (QED) is 0.932. The number of hydrogen-bond acceptors (Lipinski definition) is 4. The zero-order valence-corrected chi connectivity index (χ0v) is 13.9. The first kappa shape index (κ1) is 16.2. The minimum absolute atomic E-state index is 0.0236. The summed E-state index contributed by atoms with van der Waals surface area (Å²) >= 11 is 0. The summed E-state index contributed by atoms with van der Waals surface area (Å²) in [6.07, 6.45) is 0.638. The highest BCUT2D eigenvalue weighted by molar-refractivity contribution is 5.85. The maximum Gasteiger partial charge on any atom is 0.242 e. The lowest BCUT2D eigenvalue weighted by Crippen LogP contribution is -2.43. The van der Waals surface area contributed by atoms with Crippen molar-refractivity contribution in [3.63, 3.8) is 0 Å². The van der Waals surface area contributed by atoms with Gasteiger partial charge in [0.1, 0.15) is 11.5 Å². The predicted octanol–water partition coefficient (Wildman–Crippen LogP) is 2.00. The highest BCUT2D eigenvalue weighted by Crippen LogP contribution is 2.25. The van der Waals surface area contributed by atoms with Gasteiger partial charge in [0.05, 0.1) is 13.1 Å². The molecule has 6 heteroatoms. The Labute approximate surface area is 140 Å². The fourth-order valence-electron chi connectivity index (χ4n) is 2.59. The normalized spacial score (nSPS) is 13.7. The Kier molecular flexibility index (Phi) is 4.64. The molecule has 126 valence electrons. The number of aromatic nitrogens is 1. The van der Waals surface area contributed by atoms with Crippen LogP contribution in [0.2, 0.25) is 0 Å². The predicted molar refractivity (Wildman–Crippen MR) is 88.9 cm³/mol. The van der Waals surface area contributed by atoms with E-state index in [0.29, 0.717) is 25.4 Å². The van der Waals surface area contributed by atoms with Crippen LogP contribution in [0.1, 0.15) is 25.3 Å². The van der Waals surface area contributed by atoms with Gasteiger partial charge in [0.15, 0.2) is 0 Å². The third-order valence-corrected chi connectivity index (χ3v) is 4.04. The molecule has 0 spiro atoms. The molecule has 0 bridgehead atoms. The van der Waals surface area contributed by atoms with Gasteiger partial charge in [-0.3, -0.25) is 9.59 Å². The second kappa shape index (κ2) is 6.86. The van der Waals surface area contributed by atoms with Crippen LogP contribution in [0.5, 0.6) is 0 Å². The molecule has 6 nitrogen and oxygen atoms in total. The third kappa shape index (κ3) is 3.48. The van der Waals surface area contributed by atoms with E-state index in [1.807, 2.05) is 30.3 Å². The van der Waals surface area contributed by atoms with E-state index in [1.54, 1.807) is 18.7 Å². The summed E-state index contributed by atoms with van der Waals surface area (Å²) in [6, 6.07) is 9.71. The van der Waals surface area contributed by atoms with E-state index >= 15 is 0 Å². The van der Waals surface area contributed by atoms with Crippen molar-refractivity contribution in [2.75, 3.05) is 13.1 Å². The Balaban J connectivity index is 1.65. The highest BCUT2D eigenvalue weighted by Gasteiger charge is 2.26. The van der Waals surface area contributed by atoms with Gasteiger partial charge >= 0.3 is 0 Å². The second-order valence-electron chi connectivity index (χ2n) is 6.19. The number of rotatable bonds is 4. The number of hydrogen-bond donors (Lipinski definition) is 1. The van der Waals surface area contributed by atoms with Gasteiger partial charge in [0.2, 0.25) is 17.7 Å². The van der Waals surface area contributed by atoms with E-state index in [0.717, 1.165) is 17.0 Å². The molecule has 2 heterocycles. The first-order valence-electron chi connectivity index (χ1n) is 8.14. The Hall–Kier alpha value is -2.63. The first-order valence-corrected chi connectivity index (χ1v) is 8.14. The van der Waals surface area contributed by atoms with Crippen LogP contribution in [0, 0.1) is 5.92 Å². The SMILES string of the molecule is CC(C)C(=O)NCC(=O)N1CCc2oc(-c3ccccc3)nc2C1. The maximum absolute atomic E-state index is 12.3. The molecule has 0 fully saturated rings. The largest absolute Gasteiger partial charge is 0.441 e. The van der Waals surface area contributed by atoms with Crippen molar-refractivity contribution in [2.24, 2.45) is 5.92 Å². The van der Waals surface area contributed by atoms with Gasteiger partial charge in [0, 0.05) is 24.4 Å². The molecule has 1 aliphatic heterocycles. The summed E-state index contributed by atoms with van der Waals surface area (Å²) in [5, 5.41) is 2.66. The Morgan fingerprint density at radius 2 is 2.04 bits per heavy atom. The molecule has 0 aliphatic carbocycles. The molecule has 0 saturated carbocycles. The van der Waals surface area contributed by atoms with Gasteiger partial charge in [-0.1, -0.05) is 32.0 Å². The average molecular weight is 327 g/mol. The molecule has 1 aromatic carbocycles. The minimum Gasteiger partial charge on any atom is -0.441 e. The Morgan fingerprint density at radius 3 is 2.75 bits per heavy atom. The highest BCUT2D eigenvalue weighted by atomic mass is 16.4. The number of fused-ring (bicyclic) bond motifs is 1. The maximum atomic E-state index is 12.3. The van der Waals surface area contributed by atoms with Crippen molar-refractivity contribution in [3.05, 3.63) is 41.8 Å². The van der Waals surface area contributed by atoms with Crippen molar-refractivity contribution in [1.29, 1.82) is 0 Å². The van der Waals surface area contributed by atoms with Crippen LogP contribution >= 0.6 is 0 Å². The van der Waals surface area contributed by atoms with Crippen LogP contribution in [0.3, 0.4) is 0 Å². The van der Waals surface area contributed by atoms with Crippen molar-refractivity contribution >= 4 is 11.8 Å². The van der Waals surface area contributed by atoms with Gasteiger partial charge in [-0.05, 0) is 12.1 Å².